The highest BCUT2D eigenvalue weighted by Crippen LogP contribution is 2.32. The molecule has 0 unspecified atom stereocenters. The van der Waals surface area contributed by atoms with E-state index in [1.54, 1.807) is 22.8 Å². The number of ether oxygens (including phenoxy) is 2. The summed E-state index contributed by atoms with van der Waals surface area (Å²) in [7, 11) is 0. The SMILES string of the molecule is CCOC1=N/C(=C\C(C)C)c2nc3c(c(=O)n2[C@@H]1CC(C)C)C=CC=CO3. The van der Waals surface area contributed by atoms with Gasteiger partial charge >= 0.3 is 0 Å². The molecule has 1 aromatic heterocycles. The Labute approximate surface area is 159 Å². The Bertz CT molecular complexity index is 889. The first-order valence-electron chi connectivity index (χ1n) is 9.52. The zero-order valence-corrected chi connectivity index (χ0v) is 16.6. The van der Waals surface area contributed by atoms with Gasteiger partial charge in [-0.3, -0.25) is 9.36 Å². The summed E-state index contributed by atoms with van der Waals surface area (Å²) in [6.45, 7) is 10.8. The minimum Gasteiger partial charge on any atom is -0.480 e. The summed E-state index contributed by atoms with van der Waals surface area (Å²) in [5.41, 5.74) is 0.954. The molecule has 0 amide bonds. The van der Waals surface area contributed by atoms with Crippen LogP contribution in [0.1, 0.15) is 58.5 Å². The fourth-order valence-corrected chi connectivity index (χ4v) is 3.24. The first kappa shape index (κ1) is 19.1. The van der Waals surface area contributed by atoms with E-state index >= 15 is 0 Å². The molecule has 0 saturated heterocycles. The average molecular weight is 369 g/mol. The van der Waals surface area contributed by atoms with E-state index in [1.807, 2.05) is 13.0 Å². The third kappa shape index (κ3) is 3.89. The van der Waals surface area contributed by atoms with Crippen LogP contribution in [0.15, 0.2) is 34.3 Å². The molecule has 0 radical (unpaired) electrons. The maximum Gasteiger partial charge on any atom is 0.265 e. The molecule has 3 rings (SSSR count). The summed E-state index contributed by atoms with van der Waals surface area (Å²) < 4.78 is 13.1. The zero-order chi connectivity index (χ0) is 19.6. The number of hydrogen-bond acceptors (Lipinski definition) is 5. The van der Waals surface area contributed by atoms with E-state index in [0.717, 1.165) is 6.42 Å². The molecule has 6 heteroatoms. The van der Waals surface area contributed by atoms with Crippen molar-refractivity contribution in [3.05, 3.63) is 46.2 Å². The molecule has 0 spiro atoms. The van der Waals surface area contributed by atoms with Gasteiger partial charge in [0.2, 0.25) is 11.8 Å². The van der Waals surface area contributed by atoms with Crippen LogP contribution in [0.4, 0.5) is 0 Å². The second kappa shape index (κ2) is 7.94. The predicted octanol–water partition coefficient (Wildman–Crippen LogP) is 4.20. The summed E-state index contributed by atoms with van der Waals surface area (Å²) in [6.07, 6.45) is 9.53. The van der Waals surface area contributed by atoms with Gasteiger partial charge in [0.25, 0.3) is 5.56 Å². The van der Waals surface area contributed by atoms with Crippen LogP contribution in [0.5, 0.6) is 5.88 Å². The molecule has 0 fully saturated rings. The number of allylic oxidation sites excluding steroid dienone is 3. The molecular weight excluding hydrogens is 342 g/mol. The van der Waals surface area contributed by atoms with Crippen molar-refractivity contribution in [2.24, 2.45) is 16.8 Å². The number of aromatic nitrogens is 2. The Hall–Kier alpha value is -2.63. The molecule has 0 bridgehead atoms. The van der Waals surface area contributed by atoms with Gasteiger partial charge in [-0.25, -0.2) is 4.99 Å². The summed E-state index contributed by atoms with van der Waals surface area (Å²) in [5, 5.41) is 0. The van der Waals surface area contributed by atoms with Crippen molar-refractivity contribution in [3.8, 4) is 5.88 Å². The molecule has 0 aliphatic carbocycles. The average Bonchev–Trinajstić information content (AvgIpc) is 2.83. The van der Waals surface area contributed by atoms with Gasteiger partial charge in [-0.15, -0.1) is 0 Å². The Morgan fingerprint density at radius 2 is 2.07 bits per heavy atom. The fourth-order valence-electron chi connectivity index (χ4n) is 3.24. The second-order valence-corrected chi connectivity index (χ2v) is 7.46. The van der Waals surface area contributed by atoms with E-state index in [1.165, 1.54) is 6.26 Å². The molecule has 2 aliphatic rings. The lowest BCUT2D eigenvalue weighted by Gasteiger charge is -2.30. The summed E-state index contributed by atoms with van der Waals surface area (Å²) in [6, 6.07) is -0.279. The number of nitrogens with zero attached hydrogens (tertiary/aromatic N) is 3. The van der Waals surface area contributed by atoms with Gasteiger partial charge in [-0.1, -0.05) is 39.8 Å². The van der Waals surface area contributed by atoms with E-state index in [4.69, 9.17) is 14.5 Å². The molecule has 3 heterocycles. The molecule has 27 heavy (non-hydrogen) atoms. The van der Waals surface area contributed by atoms with E-state index in [9.17, 15) is 4.79 Å². The molecule has 1 atom stereocenters. The van der Waals surface area contributed by atoms with Crippen molar-refractivity contribution in [2.45, 2.75) is 47.1 Å². The molecule has 0 aromatic carbocycles. The van der Waals surface area contributed by atoms with Gasteiger partial charge in [0, 0.05) is 0 Å². The van der Waals surface area contributed by atoms with Gasteiger partial charge in [0.1, 0.15) is 17.3 Å². The molecule has 2 aliphatic heterocycles. The van der Waals surface area contributed by atoms with Gasteiger partial charge in [-0.05, 0) is 37.3 Å². The molecule has 144 valence electrons. The number of fused-ring (bicyclic) bond motifs is 2. The Balaban J connectivity index is 2.29. The standard InChI is InChI=1S/C21H27N3O3/c1-6-26-20-17(12-14(4)5)24-18(16(22-20)11-13(2)3)23-19-15(21(24)25)9-7-8-10-27-19/h7-11,13-14,17H,6,12H2,1-5H3/b16-11-/t17-/m1/s1. The first-order valence-corrected chi connectivity index (χ1v) is 9.52. The van der Waals surface area contributed by atoms with E-state index < -0.39 is 0 Å². The maximum atomic E-state index is 13.4. The van der Waals surface area contributed by atoms with Gasteiger partial charge in [0.05, 0.1) is 12.9 Å². The lowest BCUT2D eigenvalue weighted by atomic mass is 10.0. The van der Waals surface area contributed by atoms with Crippen LogP contribution in [-0.4, -0.2) is 22.1 Å². The van der Waals surface area contributed by atoms with Crippen LogP contribution < -0.4 is 10.3 Å². The summed E-state index contributed by atoms with van der Waals surface area (Å²) in [5.74, 6) is 2.03. The highest BCUT2D eigenvalue weighted by molar-refractivity contribution is 5.89. The van der Waals surface area contributed by atoms with Crippen LogP contribution in [0.2, 0.25) is 0 Å². The van der Waals surface area contributed by atoms with E-state index in [-0.39, 0.29) is 17.5 Å². The van der Waals surface area contributed by atoms with E-state index in [2.05, 4.69) is 32.7 Å². The van der Waals surface area contributed by atoms with Crippen LogP contribution in [0.3, 0.4) is 0 Å². The minimum absolute atomic E-state index is 0.137. The lowest BCUT2D eigenvalue weighted by molar-refractivity contribution is 0.282. The second-order valence-electron chi connectivity index (χ2n) is 7.46. The highest BCUT2D eigenvalue weighted by atomic mass is 16.5. The quantitative estimate of drug-likeness (QED) is 0.798. The van der Waals surface area contributed by atoms with Gasteiger partial charge < -0.3 is 9.47 Å². The monoisotopic (exact) mass is 369 g/mol. The first-order chi connectivity index (χ1) is 12.9. The Kier molecular flexibility index (Phi) is 5.63. The molecule has 1 aromatic rings. The van der Waals surface area contributed by atoms with E-state index in [0.29, 0.717) is 41.4 Å². The fraction of sp³-hybridized carbons (Fsp3) is 0.476. The number of rotatable bonds is 4. The smallest absolute Gasteiger partial charge is 0.265 e. The predicted molar refractivity (Wildman–Crippen MR) is 108 cm³/mol. The molecular formula is C21H27N3O3. The van der Waals surface area contributed by atoms with Gasteiger partial charge in [0.15, 0.2) is 5.82 Å². The molecule has 0 saturated carbocycles. The van der Waals surface area contributed by atoms with Crippen molar-refractivity contribution in [2.75, 3.05) is 6.61 Å². The van der Waals surface area contributed by atoms with Crippen LogP contribution >= 0.6 is 0 Å². The van der Waals surface area contributed by atoms with Crippen molar-refractivity contribution in [1.29, 1.82) is 0 Å². The maximum absolute atomic E-state index is 13.4. The van der Waals surface area contributed by atoms with Crippen LogP contribution in [0.25, 0.3) is 11.8 Å². The lowest BCUT2D eigenvalue weighted by Crippen LogP contribution is -2.38. The topological polar surface area (TPSA) is 65.7 Å². The third-order valence-corrected chi connectivity index (χ3v) is 4.28. The molecule has 6 nitrogen and oxygen atoms in total. The highest BCUT2D eigenvalue weighted by Gasteiger charge is 2.33. The van der Waals surface area contributed by atoms with Crippen molar-refractivity contribution in [3.63, 3.8) is 0 Å². The largest absolute Gasteiger partial charge is 0.480 e. The zero-order valence-electron chi connectivity index (χ0n) is 16.6. The Morgan fingerprint density at radius 1 is 1.30 bits per heavy atom. The molecule has 0 N–H and O–H groups in total. The Morgan fingerprint density at radius 3 is 2.74 bits per heavy atom. The number of hydrogen-bond donors (Lipinski definition) is 0. The minimum atomic E-state index is -0.279. The summed E-state index contributed by atoms with van der Waals surface area (Å²) >= 11 is 0. The third-order valence-electron chi connectivity index (χ3n) is 4.28. The normalized spacial score (nSPS) is 19.6. The van der Waals surface area contributed by atoms with Crippen molar-refractivity contribution in [1.82, 2.24) is 9.55 Å². The van der Waals surface area contributed by atoms with Crippen molar-refractivity contribution < 1.29 is 9.47 Å². The van der Waals surface area contributed by atoms with Crippen LogP contribution in [0, 0.1) is 11.8 Å². The number of aliphatic imine (C=N–C) groups is 1. The van der Waals surface area contributed by atoms with Crippen molar-refractivity contribution >= 4 is 17.7 Å². The summed E-state index contributed by atoms with van der Waals surface area (Å²) in [4.78, 5) is 22.8. The van der Waals surface area contributed by atoms with Gasteiger partial charge in [-0.2, -0.15) is 4.98 Å². The van der Waals surface area contributed by atoms with Crippen LogP contribution in [-0.2, 0) is 4.74 Å².